The lowest BCUT2D eigenvalue weighted by Crippen LogP contribution is -2.67. The van der Waals surface area contributed by atoms with Gasteiger partial charge in [0.2, 0.25) is 11.8 Å². The van der Waals surface area contributed by atoms with Crippen molar-refractivity contribution in [3.63, 3.8) is 0 Å². The third-order valence-corrected chi connectivity index (χ3v) is 4.37. The van der Waals surface area contributed by atoms with Crippen LogP contribution in [0.25, 0.3) is 0 Å². The summed E-state index contributed by atoms with van der Waals surface area (Å²) in [6.45, 7) is 5.84. The van der Waals surface area contributed by atoms with E-state index in [1.54, 1.807) is 18.7 Å². The largest absolute Gasteiger partial charge is 0.340 e. The molecule has 1 aliphatic heterocycles. The van der Waals surface area contributed by atoms with E-state index in [-0.39, 0.29) is 11.8 Å². The van der Waals surface area contributed by atoms with Gasteiger partial charge in [-0.2, -0.15) is 0 Å². The summed E-state index contributed by atoms with van der Waals surface area (Å²) in [7, 11) is 0. The fraction of sp³-hybridized carbons (Fsp3) is 0.467. The Hall–Kier alpha value is -1.36. The zero-order chi connectivity index (χ0) is 14.9. The van der Waals surface area contributed by atoms with Crippen molar-refractivity contribution in [2.24, 2.45) is 0 Å². The number of nitrogens with zero attached hydrogens (tertiary/aromatic N) is 1. The number of benzene rings is 1. The van der Waals surface area contributed by atoms with E-state index in [9.17, 15) is 9.59 Å². The molecule has 108 valence electrons. The van der Waals surface area contributed by atoms with Gasteiger partial charge in [0.05, 0.1) is 0 Å². The highest BCUT2D eigenvalue weighted by Gasteiger charge is 2.44. The molecule has 1 N–H and O–H groups in total. The molecule has 0 radical (unpaired) electrons. The molecule has 2 amide bonds. The van der Waals surface area contributed by atoms with Crippen LogP contribution in [0.3, 0.4) is 0 Å². The van der Waals surface area contributed by atoms with Gasteiger partial charge in [0, 0.05) is 11.0 Å². The van der Waals surface area contributed by atoms with E-state index in [1.165, 1.54) is 0 Å². The molecular formula is C15H19BrN2O2. The zero-order valence-electron chi connectivity index (χ0n) is 11.9. The molecular weight excluding hydrogens is 320 g/mol. The number of hydrogen-bond donors (Lipinski definition) is 1. The van der Waals surface area contributed by atoms with Gasteiger partial charge in [-0.05, 0) is 31.9 Å². The molecule has 0 saturated carbocycles. The molecule has 1 fully saturated rings. The van der Waals surface area contributed by atoms with E-state index >= 15 is 0 Å². The Morgan fingerprint density at radius 1 is 1.30 bits per heavy atom. The van der Waals surface area contributed by atoms with Gasteiger partial charge in [0.1, 0.15) is 11.6 Å². The minimum atomic E-state index is -0.843. The number of piperazine rings is 1. The highest BCUT2D eigenvalue weighted by molar-refractivity contribution is 9.10. The third kappa shape index (κ3) is 2.73. The number of hydrogen-bond acceptors (Lipinski definition) is 2. The first-order chi connectivity index (χ1) is 9.36. The summed E-state index contributed by atoms with van der Waals surface area (Å²) in [6, 6.07) is 7.36. The number of nitrogens with one attached hydrogen (secondary N) is 1. The highest BCUT2D eigenvalue weighted by atomic mass is 79.9. The van der Waals surface area contributed by atoms with Crippen LogP contribution in [0.1, 0.15) is 32.8 Å². The quantitative estimate of drug-likeness (QED) is 0.920. The number of carbonyl (C=O) groups is 2. The smallest absolute Gasteiger partial charge is 0.248 e. The summed E-state index contributed by atoms with van der Waals surface area (Å²) < 4.78 is 0.950. The van der Waals surface area contributed by atoms with Gasteiger partial charge in [-0.1, -0.05) is 41.1 Å². The number of amides is 2. The minimum absolute atomic E-state index is 0.0419. The normalized spacial score (nSPS) is 21.8. The second-order valence-corrected chi connectivity index (χ2v) is 6.42. The second kappa shape index (κ2) is 5.56. The van der Waals surface area contributed by atoms with Crippen LogP contribution in [0.4, 0.5) is 0 Å². The van der Waals surface area contributed by atoms with Crippen molar-refractivity contribution in [3.8, 4) is 0 Å². The summed E-state index contributed by atoms with van der Waals surface area (Å²) in [5.74, 6) is -0.121. The molecule has 0 aliphatic carbocycles. The van der Waals surface area contributed by atoms with Crippen LogP contribution in [0.5, 0.6) is 0 Å². The number of carbonyl (C=O) groups excluding carboxylic acids is 2. The Bertz CT molecular complexity index is 542. The fourth-order valence-corrected chi connectivity index (χ4v) is 2.89. The first-order valence-electron chi connectivity index (χ1n) is 6.73. The van der Waals surface area contributed by atoms with Crippen LogP contribution >= 0.6 is 15.9 Å². The van der Waals surface area contributed by atoms with E-state index < -0.39 is 11.6 Å². The molecule has 1 atom stereocenters. The van der Waals surface area contributed by atoms with Gasteiger partial charge in [-0.25, -0.2) is 0 Å². The molecule has 20 heavy (non-hydrogen) atoms. The maximum atomic E-state index is 12.6. The molecule has 1 aromatic carbocycles. The molecule has 1 aromatic rings. The van der Waals surface area contributed by atoms with Gasteiger partial charge < -0.3 is 10.2 Å². The first kappa shape index (κ1) is 15.0. The molecule has 0 spiro atoms. The maximum Gasteiger partial charge on any atom is 0.248 e. The van der Waals surface area contributed by atoms with Crippen molar-refractivity contribution in [1.82, 2.24) is 10.2 Å². The van der Waals surface area contributed by atoms with Crippen LogP contribution in [-0.4, -0.2) is 28.3 Å². The van der Waals surface area contributed by atoms with E-state index in [1.807, 2.05) is 31.2 Å². The summed E-state index contributed by atoms with van der Waals surface area (Å²) in [5, 5.41) is 2.79. The van der Waals surface area contributed by atoms with Crippen LogP contribution in [0.2, 0.25) is 0 Å². The summed E-state index contributed by atoms with van der Waals surface area (Å²) >= 11 is 3.49. The Kier molecular flexibility index (Phi) is 4.18. The maximum absolute atomic E-state index is 12.6. The Morgan fingerprint density at radius 3 is 2.55 bits per heavy atom. The van der Waals surface area contributed by atoms with Gasteiger partial charge in [-0.3, -0.25) is 9.59 Å². The third-order valence-electron chi connectivity index (χ3n) is 3.60. The molecule has 1 unspecified atom stereocenters. The monoisotopic (exact) mass is 338 g/mol. The topological polar surface area (TPSA) is 49.4 Å². The fourth-order valence-electron chi connectivity index (χ4n) is 2.48. The Labute approximate surface area is 127 Å². The number of halogens is 1. The van der Waals surface area contributed by atoms with Crippen LogP contribution in [0.15, 0.2) is 28.7 Å². The second-order valence-electron chi connectivity index (χ2n) is 5.56. The van der Waals surface area contributed by atoms with Gasteiger partial charge in [-0.15, -0.1) is 0 Å². The van der Waals surface area contributed by atoms with E-state index in [0.29, 0.717) is 13.0 Å². The summed E-state index contributed by atoms with van der Waals surface area (Å²) in [6.07, 6.45) is 0.609. The average molecular weight is 339 g/mol. The van der Waals surface area contributed by atoms with Crippen LogP contribution in [-0.2, 0) is 16.1 Å². The Morgan fingerprint density at radius 2 is 1.95 bits per heavy atom. The molecule has 1 saturated heterocycles. The molecule has 0 aromatic heterocycles. The lowest BCUT2D eigenvalue weighted by atomic mass is 9.95. The van der Waals surface area contributed by atoms with Crippen molar-refractivity contribution in [1.29, 1.82) is 0 Å². The lowest BCUT2D eigenvalue weighted by Gasteiger charge is -2.42. The SMILES string of the molecule is CCC1C(=O)NC(C)(C)C(=O)N1Cc1ccccc1Br. The molecule has 1 aliphatic rings. The van der Waals surface area contributed by atoms with E-state index in [0.717, 1.165) is 10.0 Å². The molecule has 4 nitrogen and oxygen atoms in total. The van der Waals surface area contributed by atoms with Crippen molar-refractivity contribution in [3.05, 3.63) is 34.3 Å². The van der Waals surface area contributed by atoms with Crippen molar-refractivity contribution >= 4 is 27.7 Å². The van der Waals surface area contributed by atoms with Crippen LogP contribution in [0, 0.1) is 0 Å². The summed E-state index contributed by atoms with van der Waals surface area (Å²) in [4.78, 5) is 26.4. The predicted molar refractivity (Wildman–Crippen MR) is 81.0 cm³/mol. The van der Waals surface area contributed by atoms with Gasteiger partial charge >= 0.3 is 0 Å². The van der Waals surface area contributed by atoms with Crippen molar-refractivity contribution in [2.75, 3.05) is 0 Å². The van der Waals surface area contributed by atoms with E-state index in [2.05, 4.69) is 21.2 Å². The predicted octanol–water partition coefficient (Wildman–Crippen LogP) is 2.46. The molecule has 2 rings (SSSR count). The first-order valence-corrected chi connectivity index (χ1v) is 7.52. The van der Waals surface area contributed by atoms with E-state index in [4.69, 9.17) is 0 Å². The standard InChI is InChI=1S/C15H19BrN2O2/c1-4-12-13(19)17-15(2,3)14(20)18(12)9-10-7-5-6-8-11(10)16/h5-8,12H,4,9H2,1-3H3,(H,17,19). The zero-order valence-corrected chi connectivity index (χ0v) is 13.5. The van der Waals surface area contributed by atoms with Crippen molar-refractivity contribution < 1.29 is 9.59 Å². The number of rotatable bonds is 3. The molecule has 1 heterocycles. The van der Waals surface area contributed by atoms with Crippen molar-refractivity contribution in [2.45, 2.75) is 45.3 Å². The average Bonchev–Trinajstić information content (AvgIpc) is 2.38. The molecule has 5 heteroatoms. The van der Waals surface area contributed by atoms with Gasteiger partial charge in [0.25, 0.3) is 0 Å². The van der Waals surface area contributed by atoms with Gasteiger partial charge in [0.15, 0.2) is 0 Å². The highest BCUT2D eigenvalue weighted by Crippen LogP contribution is 2.25. The Balaban J connectivity index is 2.33. The summed E-state index contributed by atoms with van der Waals surface area (Å²) in [5.41, 5.74) is 0.161. The molecule has 0 bridgehead atoms. The lowest BCUT2D eigenvalue weighted by molar-refractivity contribution is -0.154. The van der Waals surface area contributed by atoms with Crippen LogP contribution < -0.4 is 5.32 Å². The minimum Gasteiger partial charge on any atom is -0.340 e.